The van der Waals surface area contributed by atoms with Crippen LogP contribution in [0.4, 0.5) is 4.39 Å². The van der Waals surface area contributed by atoms with Crippen LogP contribution in [-0.2, 0) is 19.7 Å². The van der Waals surface area contributed by atoms with Crippen molar-refractivity contribution < 1.29 is 18.7 Å². The summed E-state index contributed by atoms with van der Waals surface area (Å²) in [7, 11) is 0. The number of rotatable bonds is 6. The second-order valence-corrected chi connectivity index (χ2v) is 7.67. The Labute approximate surface area is 148 Å². The van der Waals surface area contributed by atoms with Gasteiger partial charge in [0.05, 0.1) is 18.1 Å². The molecule has 136 valence electrons. The number of carbonyl (C=O) groups excluding carboxylic acids is 1. The zero-order chi connectivity index (χ0) is 17.3. The lowest BCUT2D eigenvalue weighted by molar-refractivity contribution is -0.129. The first kappa shape index (κ1) is 17.0. The van der Waals surface area contributed by atoms with Gasteiger partial charge >= 0.3 is 0 Å². The van der Waals surface area contributed by atoms with E-state index >= 15 is 0 Å². The highest BCUT2D eigenvalue weighted by molar-refractivity contribution is 5.91. The lowest BCUT2D eigenvalue weighted by Crippen LogP contribution is -2.53. The van der Waals surface area contributed by atoms with E-state index in [1.807, 2.05) is 0 Å². The van der Waals surface area contributed by atoms with Crippen molar-refractivity contribution in [3.63, 3.8) is 0 Å². The number of hydrogen-bond donors (Lipinski definition) is 1. The highest BCUT2D eigenvalue weighted by Crippen LogP contribution is 2.49. The summed E-state index contributed by atoms with van der Waals surface area (Å²) in [5.74, 6) is 0.299. The molecule has 3 fully saturated rings. The third-order valence-corrected chi connectivity index (χ3v) is 5.97. The summed E-state index contributed by atoms with van der Waals surface area (Å²) in [6.07, 6.45) is 5.82. The molecule has 0 bridgehead atoms. The van der Waals surface area contributed by atoms with Gasteiger partial charge in [-0.15, -0.1) is 0 Å². The second-order valence-electron chi connectivity index (χ2n) is 7.67. The van der Waals surface area contributed by atoms with Gasteiger partial charge in [0.2, 0.25) is 5.91 Å². The van der Waals surface area contributed by atoms with Crippen molar-refractivity contribution in [1.29, 1.82) is 0 Å². The molecule has 0 radical (unpaired) electrons. The van der Waals surface area contributed by atoms with E-state index in [1.54, 1.807) is 18.2 Å². The number of nitrogens with one attached hydrogen (secondary N) is 1. The average Bonchev–Trinajstić information content (AvgIpc) is 3.37. The minimum atomic E-state index is -0.692. The topological polar surface area (TPSA) is 47.6 Å². The van der Waals surface area contributed by atoms with Crippen molar-refractivity contribution in [3.8, 4) is 0 Å². The van der Waals surface area contributed by atoms with Crippen LogP contribution in [0.15, 0.2) is 24.3 Å². The molecule has 2 aliphatic carbocycles. The number of amides is 1. The van der Waals surface area contributed by atoms with Gasteiger partial charge in [-0.2, -0.15) is 0 Å². The van der Waals surface area contributed by atoms with Gasteiger partial charge in [-0.25, -0.2) is 4.39 Å². The fourth-order valence-corrected chi connectivity index (χ4v) is 3.86. The second kappa shape index (κ2) is 7.04. The summed E-state index contributed by atoms with van der Waals surface area (Å²) in [6, 6.07) is 6.57. The summed E-state index contributed by atoms with van der Waals surface area (Å²) in [5, 5.41) is 3.15. The first-order valence-electron chi connectivity index (χ1n) is 9.44. The zero-order valence-corrected chi connectivity index (χ0v) is 14.5. The number of benzene rings is 1. The smallest absolute Gasteiger partial charge is 0.231 e. The monoisotopic (exact) mass is 347 g/mol. The summed E-state index contributed by atoms with van der Waals surface area (Å²) in [5.41, 5.74) is -0.172. The predicted molar refractivity (Wildman–Crippen MR) is 91.8 cm³/mol. The van der Waals surface area contributed by atoms with Gasteiger partial charge in [0, 0.05) is 18.8 Å². The summed E-state index contributed by atoms with van der Waals surface area (Å²) in [4.78, 5) is 12.9. The fourth-order valence-electron chi connectivity index (χ4n) is 3.86. The van der Waals surface area contributed by atoms with E-state index in [1.165, 1.54) is 25.3 Å². The first-order valence-corrected chi connectivity index (χ1v) is 9.44. The zero-order valence-electron chi connectivity index (χ0n) is 14.5. The lowest BCUT2D eigenvalue weighted by Gasteiger charge is -2.35. The van der Waals surface area contributed by atoms with E-state index in [4.69, 9.17) is 9.47 Å². The Morgan fingerprint density at radius 3 is 2.76 bits per heavy atom. The van der Waals surface area contributed by atoms with E-state index in [9.17, 15) is 9.18 Å². The average molecular weight is 347 g/mol. The molecule has 0 spiro atoms. The molecule has 4 nitrogen and oxygen atoms in total. The Morgan fingerprint density at radius 2 is 2.08 bits per heavy atom. The van der Waals surface area contributed by atoms with Crippen LogP contribution in [0.5, 0.6) is 0 Å². The maximum absolute atomic E-state index is 14.2. The quantitative estimate of drug-likeness (QED) is 0.861. The molecule has 0 aromatic heterocycles. The van der Waals surface area contributed by atoms with Crippen molar-refractivity contribution in [1.82, 2.24) is 5.32 Å². The van der Waals surface area contributed by atoms with Gasteiger partial charge in [0.15, 0.2) is 0 Å². The minimum absolute atomic E-state index is 0.0504. The lowest BCUT2D eigenvalue weighted by atomic mass is 9.86. The van der Waals surface area contributed by atoms with Crippen LogP contribution in [0, 0.1) is 11.7 Å². The third kappa shape index (κ3) is 3.44. The van der Waals surface area contributed by atoms with Crippen LogP contribution in [0.25, 0.3) is 0 Å². The van der Waals surface area contributed by atoms with E-state index in [-0.39, 0.29) is 23.9 Å². The van der Waals surface area contributed by atoms with Gasteiger partial charge in [0.1, 0.15) is 11.9 Å². The molecule has 2 saturated carbocycles. The summed E-state index contributed by atoms with van der Waals surface area (Å²) < 4.78 is 25.8. The first-order chi connectivity index (χ1) is 12.2. The minimum Gasteiger partial charge on any atom is -0.379 e. The van der Waals surface area contributed by atoms with Crippen LogP contribution in [0.1, 0.15) is 44.1 Å². The van der Waals surface area contributed by atoms with Crippen LogP contribution in [0.3, 0.4) is 0 Å². The van der Waals surface area contributed by atoms with Gasteiger partial charge in [0.25, 0.3) is 0 Å². The molecular formula is C20H26FNO3. The molecular weight excluding hydrogens is 321 g/mol. The standard InChI is InChI=1S/C20H26FNO3/c21-16-7-2-1-6-15(16)20(9-10-20)19(23)22-17-8-11-24-13-18(17)25-12-14-4-3-5-14/h1-2,6-7,14,17-18H,3-5,8-13H2,(H,22,23)/t17-,18-/m1/s1. The molecule has 2 atom stereocenters. The molecule has 1 heterocycles. The SMILES string of the molecule is O=C(N[C@@H]1CCOC[C@H]1OCC1CCC1)C1(c2ccccc2F)CC1. The Kier molecular flexibility index (Phi) is 4.78. The Bertz CT molecular complexity index is 627. The summed E-state index contributed by atoms with van der Waals surface area (Å²) in [6.45, 7) is 1.89. The van der Waals surface area contributed by atoms with Crippen LogP contribution in [-0.4, -0.2) is 37.9 Å². The molecule has 1 aromatic carbocycles. The highest BCUT2D eigenvalue weighted by atomic mass is 19.1. The summed E-state index contributed by atoms with van der Waals surface area (Å²) >= 11 is 0. The van der Waals surface area contributed by atoms with Crippen molar-refractivity contribution >= 4 is 5.91 Å². The van der Waals surface area contributed by atoms with E-state index in [0.29, 0.717) is 37.5 Å². The molecule has 4 rings (SSSR count). The molecule has 5 heteroatoms. The van der Waals surface area contributed by atoms with Crippen molar-refractivity contribution in [2.75, 3.05) is 19.8 Å². The Hall–Kier alpha value is -1.46. The van der Waals surface area contributed by atoms with E-state index < -0.39 is 5.41 Å². The van der Waals surface area contributed by atoms with Crippen LogP contribution < -0.4 is 5.32 Å². The number of ether oxygens (including phenoxy) is 2. The number of hydrogen-bond acceptors (Lipinski definition) is 3. The molecule has 1 saturated heterocycles. The molecule has 0 unspecified atom stereocenters. The Balaban J connectivity index is 1.40. The van der Waals surface area contributed by atoms with E-state index in [0.717, 1.165) is 13.0 Å². The molecule has 3 aliphatic rings. The van der Waals surface area contributed by atoms with Crippen LogP contribution in [0.2, 0.25) is 0 Å². The Morgan fingerprint density at radius 1 is 1.28 bits per heavy atom. The van der Waals surface area contributed by atoms with Crippen molar-refractivity contribution in [2.24, 2.45) is 5.92 Å². The predicted octanol–water partition coefficient (Wildman–Crippen LogP) is 2.95. The van der Waals surface area contributed by atoms with Crippen LogP contribution >= 0.6 is 0 Å². The molecule has 1 amide bonds. The number of halogens is 1. The van der Waals surface area contributed by atoms with Crippen molar-refractivity contribution in [2.45, 2.75) is 56.1 Å². The van der Waals surface area contributed by atoms with Crippen molar-refractivity contribution in [3.05, 3.63) is 35.6 Å². The largest absolute Gasteiger partial charge is 0.379 e. The molecule has 1 aromatic rings. The molecule has 1 aliphatic heterocycles. The maximum Gasteiger partial charge on any atom is 0.231 e. The van der Waals surface area contributed by atoms with E-state index in [2.05, 4.69) is 5.32 Å². The highest BCUT2D eigenvalue weighted by Gasteiger charge is 2.53. The molecule has 25 heavy (non-hydrogen) atoms. The van der Waals surface area contributed by atoms with Gasteiger partial charge in [-0.3, -0.25) is 4.79 Å². The molecule has 1 N–H and O–H groups in total. The van der Waals surface area contributed by atoms with Gasteiger partial charge < -0.3 is 14.8 Å². The van der Waals surface area contributed by atoms with Gasteiger partial charge in [-0.1, -0.05) is 24.6 Å². The number of carbonyl (C=O) groups is 1. The van der Waals surface area contributed by atoms with Gasteiger partial charge in [-0.05, 0) is 44.1 Å². The maximum atomic E-state index is 14.2. The fraction of sp³-hybridized carbons (Fsp3) is 0.650. The normalized spacial score (nSPS) is 28.2. The third-order valence-electron chi connectivity index (χ3n) is 5.97.